The molecule has 4 nitrogen and oxygen atoms in total. The first-order chi connectivity index (χ1) is 8.77. The van der Waals surface area contributed by atoms with Gasteiger partial charge in [0.05, 0.1) is 11.5 Å². The zero-order valence-electron chi connectivity index (χ0n) is 11.7. The maximum absolute atomic E-state index is 12.0. The average molecular weight is 286 g/mol. The number of hydrogen-bond acceptors (Lipinski definition) is 4. The van der Waals surface area contributed by atoms with E-state index in [0.29, 0.717) is 12.8 Å². The van der Waals surface area contributed by atoms with Gasteiger partial charge in [0.2, 0.25) is 0 Å². The van der Waals surface area contributed by atoms with E-state index in [0.717, 1.165) is 5.56 Å². The molecule has 1 rings (SSSR count). The molecule has 0 bridgehead atoms. The highest BCUT2D eigenvalue weighted by Gasteiger charge is 2.23. The van der Waals surface area contributed by atoms with Gasteiger partial charge in [-0.2, -0.15) is 8.42 Å². The van der Waals surface area contributed by atoms with Crippen LogP contribution >= 0.6 is 0 Å². The molecule has 1 aromatic rings. The van der Waals surface area contributed by atoms with Gasteiger partial charge in [-0.15, -0.1) is 0 Å². The van der Waals surface area contributed by atoms with Gasteiger partial charge >= 0.3 is 0 Å². The first-order valence-corrected chi connectivity index (χ1v) is 7.75. The Morgan fingerprint density at radius 1 is 1.21 bits per heavy atom. The molecule has 0 saturated heterocycles. The molecule has 19 heavy (non-hydrogen) atoms. The lowest BCUT2D eigenvalue weighted by Gasteiger charge is -2.23. The van der Waals surface area contributed by atoms with Gasteiger partial charge in [0, 0.05) is 6.61 Å². The number of aryl methyl sites for hydroxylation is 1. The summed E-state index contributed by atoms with van der Waals surface area (Å²) in [6.45, 7) is 5.97. The number of hydrogen-bond donors (Lipinski definition) is 1. The Balaban J connectivity index is 2.68. The molecule has 1 N–H and O–H groups in total. The second-order valence-electron chi connectivity index (χ2n) is 5.52. The van der Waals surface area contributed by atoms with Crippen LogP contribution in [-0.4, -0.2) is 26.7 Å². The second-order valence-corrected chi connectivity index (χ2v) is 7.14. The molecule has 0 radical (unpaired) electrons. The summed E-state index contributed by atoms with van der Waals surface area (Å²) in [5, 5.41) is 8.80. The Bertz CT molecular complexity index is 489. The Morgan fingerprint density at radius 2 is 1.79 bits per heavy atom. The molecule has 0 amide bonds. The Labute approximate surface area is 115 Å². The Hall–Kier alpha value is -0.910. The monoisotopic (exact) mass is 286 g/mol. The summed E-state index contributed by atoms with van der Waals surface area (Å²) in [7, 11) is -3.70. The number of aliphatic hydroxyl groups excluding tert-OH is 1. The zero-order chi connectivity index (χ0) is 14.5. The van der Waals surface area contributed by atoms with E-state index in [1.54, 1.807) is 24.3 Å². The van der Waals surface area contributed by atoms with Crippen molar-refractivity contribution in [1.82, 2.24) is 0 Å². The van der Waals surface area contributed by atoms with Crippen molar-refractivity contribution in [2.45, 2.75) is 38.5 Å². The van der Waals surface area contributed by atoms with E-state index in [4.69, 9.17) is 9.29 Å². The summed E-state index contributed by atoms with van der Waals surface area (Å²) in [6, 6.07) is 6.58. The van der Waals surface area contributed by atoms with Crippen LogP contribution in [0.5, 0.6) is 0 Å². The maximum Gasteiger partial charge on any atom is 0.296 e. The molecule has 0 unspecified atom stereocenters. The van der Waals surface area contributed by atoms with Crippen molar-refractivity contribution in [2.24, 2.45) is 5.41 Å². The van der Waals surface area contributed by atoms with Crippen LogP contribution in [0.4, 0.5) is 0 Å². The summed E-state index contributed by atoms with van der Waals surface area (Å²) in [6.07, 6.45) is 1.36. The van der Waals surface area contributed by atoms with E-state index in [-0.39, 0.29) is 23.5 Å². The molecule has 0 atom stereocenters. The fourth-order valence-electron chi connectivity index (χ4n) is 1.64. The third-order valence-corrected chi connectivity index (χ3v) is 4.20. The number of rotatable bonds is 7. The van der Waals surface area contributed by atoms with Crippen molar-refractivity contribution in [1.29, 1.82) is 0 Å². The van der Waals surface area contributed by atoms with Crippen LogP contribution in [0, 0.1) is 12.3 Å². The fourth-order valence-corrected chi connectivity index (χ4v) is 2.72. The van der Waals surface area contributed by atoms with Crippen LogP contribution in [0.2, 0.25) is 0 Å². The van der Waals surface area contributed by atoms with Crippen LogP contribution in [0.1, 0.15) is 32.3 Å². The topological polar surface area (TPSA) is 63.6 Å². The number of benzene rings is 1. The van der Waals surface area contributed by atoms with Crippen LogP contribution in [0.3, 0.4) is 0 Å². The van der Waals surface area contributed by atoms with Gasteiger partial charge in [-0.05, 0) is 37.3 Å². The Morgan fingerprint density at radius 3 is 2.32 bits per heavy atom. The minimum Gasteiger partial charge on any atom is -0.396 e. The quantitative estimate of drug-likeness (QED) is 0.782. The smallest absolute Gasteiger partial charge is 0.296 e. The van der Waals surface area contributed by atoms with Crippen LogP contribution < -0.4 is 0 Å². The van der Waals surface area contributed by atoms with E-state index in [1.807, 2.05) is 20.8 Å². The summed E-state index contributed by atoms with van der Waals surface area (Å²) < 4.78 is 29.1. The van der Waals surface area contributed by atoms with Gasteiger partial charge in [0.1, 0.15) is 0 Å². The summed E-state index contributed by atoms with van der Waals surface area (Å²) in [5.41, 5.74) is 0.725. The lowest BCUT2D eigenvalue weighted by atomic mass is 9.89. The molecular formula is C14H22O4S. The molecule has 5 heteroatoms. The van der Waals surface area contributed by atoms with E-state index in [9.17, 15) is 8.42 Å². The first-order valence-electron chi connectivity index (χ1n) is 6.34. The van der Waals surface area contributed by atoms with Crippen LogP contribution in [0.25, 0.3) is 0 Å². The van der Waals surface area contributed by atoms with E-state index in [1.165, 1.54) is 0 Å². The third-order valence-electron chi connectivity index (χ3n) is 2.93. The third kappa shape index (κ3) is 5.30. The van der Waals surface area contributed by atoms with Gasteiger partial charge in [0.15, 0.2) is 0 Å². The minimum atomic E-state index is -3.70. The van der Waals surface area contributed by atoms with Crippen molar-refractivity contribution >= 4 is 10.1 Å². The van der Waals surface area contributed by atoms with E-state index < -0.39 is 10.1 Å². The van der Waals surface area contributed by atoms with Crippen molar-refractivity contribution in [2.75, 3.05) is 13.2 Å². The number of aliphatic hydroxyl groups is 1. The molecular weight excluding hydrogens is 264 g/mol. The van der Waals surface area contributed by atoms with Crippen molar-refractivity contribution in [3.05, 3.63) is 29.8 Å². The van der Waals surface area contributed by atoms with Gasteiger partial charge in [-0.25, -0.2) is 0 Å². The van der Waals surface area contributed by atoms with E-state index in [2.05, 4.69) is 0 Å². The predicted molar refractivity (Wildman–Crippen MR) is 74.4 cm³/mol. The normalized spacial score (nSPS) is 12.6. The average Bonchev–Trinajstić information content (AvgIpc) is 2.35. The Kier molecular flexibility index (Phi) is 5.52. The predicted octanol–water partition coefficient (Wildman–Crippen LogP) is 2.50. The van der Waals surface area contributed by atoms with Crippen molar-refractivity contribution in [3.63, 3.8) is 0 Å². The van der Waals surface area contributed by atoms with E-state index >= 15 is 0 Å². The standard InChI is InChI=1S/C14H22O4S/c1-12-5-7-13(8-6-12)19(16,17)18-11-14(2,3)9-4-10-15/h5-8,15H,4,9-11H2,1-3H3. The molecule has 0 saturated carbocycles. The van der Waals surface area contributed by atoms with Crippen molar-refractivity contribution < 1.29 is 17.7 Å². The fraction of sp³-hybridized carbons (Fsp3) is 0.571. The highest BCUT2D eigenvalue weighted by atomic mass is 32.2. The molecule has 0 aliphatic carbocycles. The molecule has 0 aromatic heterocycles. The summed E-state index contributed by atoms with van der Waals surface area (Å²) >= 11 is 0. The zero-order valence-corrected chi connectivity index (χ0v) is 12.5. The molecule has 0 spiro atoms. The molecule has 108 valence electrons. The molecule has 0 heterocycles. The van der Waals surface area contributed by atoms with Gasteiger partial charge < -0.3 is 5.11 Å². The first kappa shape index (κ1) is 16.1. The molecule has 1 aromatic carbocycles. The second kappa shape index (κ2) is 6.50. The summed E-state index contributed by atoms with van der Waals surface area (Å²) in [4.78, 5) is 0.177. The maximum atomic E-state index is 12.0. The van der Waals surface area contributed by atoms with Crippen molar-refractivity contribution in [3.8, 4) is 0 Å². The largest absolute Gasteiger partial charge is 0.396 e. The lowest BCUT2D eigenvalue weighted by molar-refractivity contribution is 0.159. The minimum absolute atomic E-state index is 0.105. The summed E-state index contributed by atoms with van der Waals surface area (Å²) in [5.74, 6) is 0. The molecule has 0 aliphatic rings. The van der Waals surface area contributed by atoms with Gasteiger partial charge in [0.25, 0.3) is 10.1 Å². The molecule has 0 aliphatic heterocycles. The van der Waals surface area contributed by atoms with Gasteiger partial charge in [-0.1, -0.05) is 31.5 Å². The molecule has 0 fully saturated rings. The van der Waals surface area contributed by atoms with Crippen LogP contribution in [-0.2, 0) is 14.3 Å². The lowest BCUT2D eigenvalue weighted by Crippen LogP contribution is -2.22. The highest BCUT2D eigenvalue weighted by Crippen LogP contribution is 2.24. The SMILES string of the molecule is Cc1ccc(S(=O)(=O)OCC(C)(C)CCCO)cc1. The van der Waals surface area contributed by atoms with Gasteiger partial charge in [-0.3, -0.25) is 4.18 Å². The highest BCUT2D eigenvalue weighted by molar-refractivity contribution is 7.86. The van der Waals surface area contributed by atoms with Crippen LogP contribution in [0.15, 0.2) is 29.2 Å².